The Balaban J connectivity index is 1.72. The van der Waals surface area contributed by atoms with Gasteiger partial charge in [0.05, 0.1) is 17.1 Å². The first kappa shape index (κ1) is 15.4. The van der Waals surface area contributed by atoms with Gasteiger partial charge in [-0.2, -0.15) is 0 Å². The van der Waals surface area contributed by atoms with Crippen LogP contribution in [0.2, 0.25) is 0 Å². The topological polar surface area (TPSA) is 58.9 Å². The van der Waals surface area contributed by atoms with Crippen molar-refractivity contribution < 1.29 is 9.66 Å². The molecule has 0 aromatic heterocycles. The summed E-state index contributed by atoms with van der Waals surface area (Å²) in [6.07, 6.45) is 2.22. The van der Waals surface area contributed by atoms with Crippen molar-refractivity contribution in [2.45, 2.75) is 25.0 Å². The van der Waals surface area contributed by atoms with Gasteiger partial charge >= 0.3 is 0 Å². The van der Waals surface area contributed by atoms with Crippen molar-refractivity contribution in [1.82, 2.24) is 9.80 Å². The molecule has 22 heavy (non-hydrogen) atoms. The fourth-order valence-electron chi connectivity index (χ4n) is 3.69. The van der Waals surface area contributed by atoms with E-state index >= 15 is 0 Å². The third-order valence-corrected chi connectivity index (χ3v) is 4.64. The summed E-state index contributed by atoms with van der Waals surface area (Å²) in [5.74, 6) is 0. The van der Waals surface area contributed by atoms with Crippen LogP contribution in [0, 0.1) is 10.1 Å². The number of ether oxygens (including phenoxy) is 1. The van der Waals surface area contributed by atoms with E-state index in [4.69, 9.17) is 4.74 Å². The molecule has 1 aromatic carbocycles. The van der Waals surface area contributed by atoms with Crippen molar-refractivity contribution in [3.8, 4) is 0 Å². The molecule has 1 unspecified atom stereocenters. The first-order chi connectivity index (χ1) is 10.6. The van der Waals surface area contributed by atoms with Crippen LogP contribution in [0.5, 0.6) is 0 Å². The van der Waals surface area contributed by atoms with Crippen LogP contribution in [0.15, 0.2) is 24.3 Å². The molecule has 0 aliphatic carbocycles. The molecule has 120 valence electrons. The van der Waals surface area contributed by atoms with Crippen LogP contribution in [0.1, 0.15) is 18.4 Å². The highest BCUT2D eigenvalue weighted by Crippen LogP contribution is 2.30. The molecule has 2 heterocycles. The predicted molar refractivity (Wildman–Crippen MR) is 83.8 cm³/mol. The lowest BCUT2D eigenvalue weighted by Crippen LogP contribution is -2.58. The maximum absolute atomic E-state index is 11.2. The number of para-hydroxylation sites is 1. The third kappa shape index (κ3) is 3.29. The highest BCUT2D eigenvalue weighted by Gasteiger charge is 2.39. The van der Waals surface area contributed by atoms with E-state index in [-0.39, 0.29) is 16.2 Å². The number of morpholine rings is 1. The smallest absolute Gasteiger partial charge is 0.273 e. The van der Waals surface area contributed by atoms with E-state index in [1.54, 1.807) is 12.1 Å². The number of nitro groups is 1. The molecule has 2 aliphatic rings. The van der Waals surface area contributed by atoms with Crippen molar-refractivity contribution >= 4 is 5.69 Å². The summed E-state index contributed by atoms with van der Waals surface area (Å²) in [5, 5.41) is 11.2. The van der Waals surface area contributed by atoms with Crippen molar-refractivity contribution in [1.29, 1.82) is 0 Å². The average Bonchev–Trinajstić information content (AvgIpc) is 2.47. The largest absolute Gasteiger partial charge is 0.371 e. The van der Waals surface area contributed by atoms with Gasteiger partial charge in [-0.1, -0.05) is 18.2 Å². The van der Waals surface area contributed by atoms with Crippen LogP contribution >= 0.6 is 0 Å². The summed E-state index contributed by atoms with van der Waals surface area (Å²) in [7, 11) is 2.13. The van der Waals surface area contributed by atoms with Crippen LogP contribution in [-0.4, -0.2) is 60.2 Å². The molecular weight excluding hydrogens is 282 g/mol. The molecule has 2 aliphatic heterocycles. The molecular formula is C16H23N3O3. The zero-order valence-electron chi connectivity index (χ0n) is 13.0. The minimum Gasteiger partial charge on any atom is -0.371 e. The van der Waals surface area contributed by atoms with Crippen LogP contribution in [0.3, 0.4) is 0 Å². The lowest BCUT2D eigenvalue weighted by molar-refractivity contribution is -0.385. The van der Waals surface area contributed by atoms with Crippen LogP contribution < -0.4 is 0 Å². The summed E-state index contributed by atoms with van der Waals surface area (Å²) in [4.78, 5) is 15.5. The van der Waals surface area contributed by atoms with Crippen LogP contribution in [0.4, 0.5) is 5.69 Å². The number of piperidine rings is 1. The Morgan fingerprint density at radius 3 is 2.91 bits per heavy atom. The zero-order valence-corrected chi connectivity index (χ0v) is 13.0. The molecule has 0 amide bonds. The maximum Gasteiger partial charge on any atom is 0.273 e. The quantitative estimate of drug-likeness (QED) is 0.630. The summed E-state index contributed by atoms with van der Waals surface area (Å²) < 4.78 is 6.11. The van der Waals surface area contributed by atoms with E-state index in [2.05, 4.69) is 16.8 Å². The second-order valence-corrected chi connectivity index (χ2v) is 6.47. The molecule has 1 aromatic rings. The van der Waals surface area contributed by atoms with Crippen LogP contribution in [-0.2, 0) is 11.3 Å². The zero-order chi connectivity index (χ0) is 15.6. The number of hydrogen-bond acceptors (Lipinski definition) is 5. The molecule has 3 rings (SSSR count). The minimum atomic E-state index is -0.292. The van der Waals surface area contributed by atoms with E-state index in [1.165, 1.54) is 0 Å². The molecule has 0 N–H and O–H groups in total. The minimum absolute atomic E-state index is 0.102. The summed E-state index contributed by atoms with van der Waals surface area (Å²) in [6.45, 7) is 5.07. The van der Waals surface area contributed by atoms with Gasteiger partial charge in [-0.15, -0.1) is 0 Å². The summed E-state index contributed by atoms with van der Waals surface area (Å²) in [6, 6.07) is 7.03. The number of rotatable bonds is 3. The van der Waals surface area contributed by atoms with Crippen molar-refractivity contribution in [2.24, 2.45) is 0 Å². The Morgan fingerprint density at radius 1 is 1.32 bits per heavy atom. The fraction of sp³-hybridized carbons (Fsp3) is 0.625. The van der Waals surface area contributed by atoms with Gasteiger partial charge in [-0.3, -0.25) is 15.0 Å². The average molecular weight is 305 g/mol. The Labute approximate surface area is 130 Å². The second-order valence-electron chi connectivity index (χ2n) is 6.47. The molecule has 6 heteroatoms. The Hall–Kier alpha value is -1.50. The van der Waals surface area contributed by atoms with Gasteiger partial charge in [0, 0.05) is 37.8 Å². The van der Waals surface area contributed by atoms with E-state index in [9.17, 15) is 10.1 Å². The number of nitrogens with zero attached hydrogens (tertiary/aromatic N) is 3. The van der Waals surface area contributed by atoms with Crippen molar-refractivity contribution in [2.75, 3.05) is 39.8 Å². The fourth-order valence-corrected chi connectivity index (χ4v) is 3.69. The first-order valence-corrected chi connectivity index (χ1v) is 7.85. The highest BCUT2D eigenvalue weighted by atomic mass is 16.6. The molecule has 0 saturated carbocycles. The van der Waals surface area contributed by atoms with E-state index in [0.29, 0.717) is 13.2 Å². The van der Waals surface area contributed by atoms with E-state index < -0.39 is 0 Å². The number of likely N-dealkylation sites (tertiary alicyclic amines) is 1. The molecule has 0 bridgehead atoms. The molecule has 1 atom stereocenters. The van der Waals surface area contributed by atoms with E-state index in [0.717, 1.165) is 44.6 Å². The highest BCUT2D eigenvalue weighted by molar-refractivity contribution is 5.39. The number of nitro benzene ring substituents is 1. The lowest BCUT2D eigenvalue weighted by atomic mass is 9.91. The molecule has 6 nitrogen and oxygen atoms in total. The van der Waals surface area contributed by atoms with Gasteiger partial charge in [-0.25, -0.2) is 0 Å². The van der Waals surface area contributed by atoms with Crippen molar-refractivity contribution in [3.63, 3.8) is 0 Å². The van der Waals surface area contributed by atoms with Gasteiger partial charge in [0.1, 0.15) is 0 Å². The molecule has 1 spiro atoms. The Bertz CT molecular complexity index is 547. The number of likely N-dealkylation sites (N-methyl/N-ethyl adjacent to an activating group) is 1. The second kappa shape index (κ2) is 6.32. The molecule has 0 radical (unpaired) electrons. The molecule has 2 fully saturated rings. The predicted octanol–water partition coefficient (Wildman–Crippen LogP) is 1.89. The normalized spacial score (nSPS) is 27.1. The monoisotopic (exact) mass is 305 g/mol. The first-order valence-electron chi connectivity index (χ1n) is 7.85. The Kier molecular flexibility index (Phi) is 4.42. The van der Waals surface area contributed by atoms with Gasteiger partial charge in [0.2, 0.25) is 0 Å². The SMILES string of the molecule is CN1CCCC2(C1)CN(Cc1ccccc1[N+](=O)[O-])CCO2. The van der Waals surface area contributed by atoms with Crippen molar-refractivity contribution in [3.05, 3.63) is 39.9 Å². The maximum atomic E-state index is 11.2. The van der Waals surface area contributed by atoms with Gasteiger partial charge in [0.25, 0.3) is 5.69 Å². The standard InChI is InChI=1S/C16H23N3O3/c1-17-8-4-7-16(12-17)13-18(9-10-22-16)11-14-5-2-3-6-15(14)19(20)21/h2-3,5-6H,4,7-13H2,1H3. The Morgan fingerprint density at radius 2 is 2.14 bits per heavy atom. The van der Waals surface area contributed by atoms with E-state index in [1.807, 2.05) is 12.1 Å². The van der Waals surface area contributed by atoms with Crippen LogP contribution in [0.25, 0.3) is 0 Å². The summed E-state index contributed by atoms with van der Waals surface area (Å²) >= 11 is 0. The number of hydrogen-bond donors (Lipinski definition) is 0. The van der Waals surface area contributed by atoms with Gasteiger partial charge < -0.3 is 9.64 Å². The molecule has 2 saturated heterocycles. The third-order valence-electron chi connectivity index (χ3n) is 4.64. The number of benzene rings is 1. The summed E-state index contributed by atoms with van der Waals surface area (Å²) in [5.41, 5.74) is 0.895. The lowest BCUT2D eigenvalue weighted by Gasteiger charge is -2.47. The van der Waals surface area contributed by atoms with Gasteiger partial charge in [-0.05, 0) is 26.4 Å². The van der Waals surface area contributed by atoms with Gasteiger partial charge in [0.15, 0.2) is 0 Å².